The third kappa shape index (κ3) is 3.58. The molecule has 1 fully saturated rings. The Morgan fingerprint density at radius 1 is 1.43 bits per heavy atom. The molecule has 1 aromatic rings. The normalized spacial score (nSPS) is 22.9. The van der Waals surface area contributed by atoms with Crippen molar-refractivity contribution in [3.05, 3.63) is 21.9 Å². The third-order valence-electron chi connectivity index (χ3n) is 4.02. The van der Waals surface area contributed by atoms with E-state index in [0.29, 0.717) is 5.92 Å². The fourth-order valence-electron chi connectivity index (χ4n) is 2.98. The highest BCUT2D eigenvalue weighted by Crippen LogP contribution is 2.48. The van der Waals surface area contributed by atoms with E-state index in [0.717, 1.165) is 25.8 Å². The van der Waals surface area contributed by atoms with Crippen LogP contribution in [-0.4, -0.2) is 36.6 Å². The molecule has 1 atom stereocenters. The molecule has 2 aliphatic rings. The summed E-state index contributed by atoms with van der Waals surface area (Å²) in [6.45, 7) is -0.460. The molecule has 3 nitrogen and oxygen atoms in total. The van der Waals surface area contributed by atoms with Crippen LogP contribution in [0.4, 0.5) is 13.2 Å². The summed E-state index contributed by atoms with van der Waals surface area (Å²) in [5, 5.41) is 4.03. The fourth-order valence-corrected chi connectivity index (χ4v) is 3.89. The van der Waals surface area contributed by atoms with E-state index in [2.05, 4.69) is 11.4 Å². The van der Waals surface area contributed by atoms with Gasteiger partial charge in [-0.3, -0.25) is 9.69 Å². The number of nitrogens with zero attached hydrogens (tertiary/aromatic N) is 1. The van der Waals surface area contributed by atoms with Crippen LogP contribution >= 0.6 is 11.3 Å². The molecule has 0 radical (unpaired) electrons. The van der Waals surface area contributed by atoms with Gasteiger partial charge in [0.05, 0.1) is 6.54 Å². The average Bonchev–Trinajstić information content (AvgIpc) is 3.12. The minimum atomic E-state index is -4.35. The van der Waals surface area contributed by atoms with Gasteiger partial charge in [-0.15, -0.1) is 11.3 Å². The summed E-state index contributed by atoms with van der Waals surface area (Å²) in [7, 11) is 0. The summed E-state index contributed by atoms with van der Waals surface area (Å²) in [5.74, 6) is 0.00530. The zero-order chi connectivity index (χ0) is 15.0. The Labute approximate surface area is 125 Å². The Bertz CT molecular complexity index is 525. The van der Waals surface area contributed by atoms with Crippen molar-refractivity contribution in [1.82, 2.24) is 10.2 Å². The number of alkyl halides is 3. The predicted octanol–water partition coefficient (Wildman–Crippen LogP) is 2.74. The molecule has 1 amide bonds. The Morgan fingerprint density at radius 2 is 2.19 bits per heavy atom. The number of rotatable bonds is 4. The maximum Gasteiger partial charge on any atom is 0.405 e. The zero-order valence-electron chi connectivity index (χ0n) is 11.4. The molecule has 1 aliphatic carbocycles. The van der Waals surface area contributed by atoms with Crippen LogP contribution in [0.3, 0.4) is 0 Å². The molecule has 2 heterocycles. The van der Waals surface area contributed by atoms with Gasteiger partial charge >= 0.3 is 6.18 Å². The maximum atomic E-state index is 12.1. The minimum absolute atomic E-state index is 0.0481. The number of hydrogen-bond donors (Lipinski definition) is 1. The van der Waals surface area contributed by atoms with Crippen molar-refractivity contribution >= 4 is 17.2 Å². The summed E-state index contributed by atoms with van der Waals surface area (Å²) in [6, 6.07) is 2.31. The second kappa shape index (κ2) is 5.61. The molecule has 0 spiro atoms. The summed E-state index contributed by atoms with van der Waals surface area (Å²) in [5.41, 5.74) is 1.28. The molecule has 1 aliphatic heterocycles. The van der Waals surface area contributed by atoms with Gasteiger partial charge in [-0.1, -0.05) is 0 Å². The van der Waals surface area contributed by atoms with E-state index in [4.69, 9.17) is 0 Å². The fraction of sp³-hybridized carbons (Fsp3) is 0.643. The number of nitrogens with one attached hydrogen (secondary N) is 1. The van der Waals surface area contributed by atoms with E-state index in [1.165, 1.54) is 10.4 Å². The molecule has 3 rings (SSSR count). The molecule has 1 saturated carbocycles. The molecular formula is C14H17F3N2OS. The highest BCUT2D eigenvalue weighted by Gasteiger charge is 2.40. The second-order valence-electron chi connectivity index (χ2n) is 5.69. The van der Waals surface area contributed by atoms with E-state index >= 15 is 0 Å². The third-order valence-corrected chi connectivity index (χ3v) is 5.02. The van der Waals surface area contributed by atoms with Crippen LogP contribution in [0.15, 0.2) is 11.4 Å². The number of carbonyl (C=O) groups is 1. The lowest BCUT2D eigenvalue weighted by Crippen LogP contribution is -2.44. The Balaban J connectivity index is 1.64. The summed E-state index contributed by atoms with van der Waals surface area (Å²) in [4.78, 5) is 15.1. The van der Waals surface area contributed by atoms with Crippen molar-refractivity contribution in [2.24, 2.45) is 5.92 Å². The SMILES string of the molecule is O=C(CN1CCc2sccc2[C@@H]1C1CC1)NCC(F)(F)F. The van der Waals surface area contributed by atoms with Gasteiger partial charge in [-0.05, 0) is 42.2 Å². The van der Waals surface area contributed by atoms with E-state index in [1.54, 1.807) is 11.3 Å². The highest BCUT2D eigenvalue weighted by atomic mass is 32.1. The van der Waals surface area contributed by atoms with Crippen molar-refractivity contribution in [3.63, 3.8) is 0 Å². The maximum absolute atomic E-state index is 12.1. The largest absolute Gasteiger partial charge is 0.405 e. The summed E-state index contributed by atoms with van der Waals surface area (Å²) >= 11 is 1.73. The topological polar surface area (TPSA) is 32.3 Å². The standard InChI is InChI=1S/C14H17F3N2OS/c15-14(16,17)8-18-12(20)7-19-5-3-11-10(4-6-21-11)13(19)9-1-2-9/h4,6,9,13H,1-3,5,7-8H2,(H,18,20)/t13-/m0/s1. The van der Waals surface area contributed by atoms with Crippen molar-refractivity contribution in [2.45, 2.75) is 31.5 Å². The second-order valence-corrected chi connectivity index (χ2v) is 6.69. The number of amides is 1. The summed E-state index contributed by atoms with van der Waals surface area (Å²) < 4.78 is 36.4. The lowest BCUT2D eigenvalue weighted by Gasteiger charge is -2.35. The van der Waals surface area contributed by atoms with E-state index in [9.17, 15) is 18.0 Å². The van der Waals surface area contributed by atoms with Gasteiger partial charge in [0, 0.05) is 17.5 Å². The number of carbonyl (C=O) groups excluding carboxylic acids is 1. The Morgan fingerprint density at radius 3 is 2.86 bits per heavy atom. The van der Waals surface area contributed by atoms with Crippen molar-refractivity contribution in [2.75, 3.05) is 19.6 Å². The van der Waals surface area contributed by atoms with Crippen LogP contribution in [0.2, 0.25) is 0 Å². The molecule has 1 N–H and O–H groups in total. The van der Waals surface area contributed by atoms with Crippen LogP contribution in [0.5, 0.6) is 0 Å². The van der Waals surface area contributed by atoms with Crippen LogP contribution in [0, 0.1) is 5.92 Å². The van der Waals surface area contributed by atoms with E-state index in [1.807, 2.05) is 10.2 Å². The highest BCUT2D eigenvalue weighted by molar-refractivity contribution is 7.10. The van der Waals surface area contributed by atoms with Gasteiger partial charge < -0.3 is 5.32 Å². The average molecular weight is 318 g/mol. The number of fused-ring (bicyclic) bond motifs is 1. The van der Waals surface area contributed by atoms with Crippen molar-refractivity contribution in [1.29, 1.82) is 0 Å². The number of thiophene rings is 1. The minimum Gasteiger partial charge on any atom is -0.346 e. The van der Waals surface area contributed by atoms with Crippen LogP contribution in [-0.2, 0) is 11.2 Å². The van der Waals surface area contributed by atoms with Gasteiger partial charge in [0.1, 0.15) is 6.54 Å². The van der Waals surface area contributed by atoms with Gasteiger partial charge in [-0.25, -0.2) is 0 Å². The Hall–Kier alpha value is -1.08. The quantitative estimate of drug-likeness (QED) is 0.926. The van der Waals surface area contributed by atoms with Gasteiger partial charge in [0.25, 0.3) is 0 Å². The van der Waals surface area contributed by atoms with Gasteiger partial charge in [0.2, 0.25) is 5.91 Å². The van der Waals surface area contributed by atoms with Crippen LogP contribution in [0.1, 0.15) is 29.3 Å². The van der Waals surface area contributed by atoms with Crippen molar-refractivity contribution in [3.8, 4) is 0 Å². The lowest BCUT2D eigenvalue weighted by atomic mass is 9.96. The molecule has 116 valence electrons. The number of hydrogen-bond acceptors (Lipinski definition) is 3. The summed E-state index contributed by atoms with van der Waals surface area (Å²) in [6.07, 6.45) is -1.20. The van der Waals surface area contributed by atoms with Crippen LogP contribution in [0.25, 0.3) is 0 Å². The van der Waals surface area contributed by atoms with Crippen LogP contribution < -0.4 is 5.32 Å². The molecule has 1 aromatic heterocycles. The molecule has 0 aromatic carbocycles. The van der Waals surface area contributed by atoms with E-state index in [-0.39, 0.29) is 12.6 Å². The molecule has 21 heavy (non-hydrogen) atoms. The van der Waals surface area contributed by atoms with E-state index < -0.39 is 18.6 Å². The monoisotopic (exact) mass is 318 g/mol. The first-order valence-corrected chi connectivity index (χ1v) is 7.96. The molecule has 0 saturated heterocycles. The number of halogens is 3. The lowest BCUT2D eigenvalue weighted by molar-refractivity contribution is -0.139. The molecule has 0 bridgehead atoms. The zero-order valence-corrected chi connectivity index (χ0v) is 12.3. The molecular weight excluding hydrogens is 301 g/mol. The Kier molecular flexibility index (Phi) is 3.96. The first-order chi connectivity index (χ1) is 9.94. The van der Waals surface area contributed by atoms with Gasteiger partial charge in [0.15, 0.2) is 0 Å². The van der Waals surface area contributed by atoms with Crippen molar-refractivity contribution < 1.29 is 18.0 Å². The smallest absolute Gasteiger partial charge is 0.346 e. The predicted molar refractivity (Wildman–Crippen MR) is 74.1 cm³/mol. The molecule has 7 heteroatoms. The van der Waals surface area contributed by atoms with Gasteiger partial charge in [-0.2, -0.15) is 13.2 Å². The first kappa shape index (κ1) is 14.8. The first-order valence-electron chi connectivity index (χ1n) is 7.08. The molecule has 0 unspecified atom stereocenters.